The van der Waals surface area contributed by atoms with E-state index in [1.165, 1.54) is 12.8 Å². The van der Waals surface area contributed by atoms with Gasteiger partial charge in [0.2, 0.25) is 0 Å². The van der Waals surface area contributed by atoms with Crippen LogP contribution in [0.5, 0.6) is 0 Å². The highest BCUT2D eigenvalue weighted by atomic mass is 35.5. The van der Waals surface area contributed by atoms with E-state index in [-0.39, 0.29) is 12.4 Å². The SMILES string of the molecule is CCCCCN[N+]#N.[Cl-]. The van der Waals surface area contributed by atoms with Crippen LogP contribution in [0, 0.1) is 5.39 Å². The molecule has 0 bridgehead atoms. The first-order valence-corrected chi connectivity index (χ1v) is 2.98. The summed E-state index contributed by atoms with van der Waals surface area (Å²) in [5, 5.41) is 10.6. The molecule has 9 heavy (non-hydrogen) atoms. The van der Waals surface area contributed by atoms with Crippen molar-refractivity contribution >= 4 is 0 Å². The first-order chi connectivity index (χ1) is 3.91. The average Bonchev–Trinajstić information content (AvgIpc) is 1.81. The lowest BCUT2D eigenvalue weighted by atomic mass is 10.3. The Labute approximate surface area is 61.8 Å². The van der Waals surface area contributed by atoms with E-state index >= 15 is 0 Å². The van der Waals surface area contributed by atoms with Gasteiger partial charge in [-0.1, -0.05) is 19.8 Å². The van der Waals surface area contributed by atoms with Crippen LogP contribution in [0.1, 0.15) is 26.2 Å². The summed E-state index contributed by atoms with van der Waals surface area (Å²) in [6, 6.07) is 0. The quantitative estimate of drug-likeness (QED) is 0.302. The van der Waals surface area contributed by atoms with Crippen molar-refractivity contribution in [2.45, 2.75) is 26.2 Å². The summed E-state index contributed by atoms with van der Waals surface area (Å²) in [6.07, 6.45) is 3.48. The molecule has 0 spiro atoms. The number of rotatable bonds is 4. The van der Waals surface area contributed by atoms with E-state index in [1.54, 1.807) is 0 Å². The van der Waals surface area contributed by atoms with Crippen LogP contribution in [0.25, 0.3) is 5.08 Å². The smallest absolute Gasteiger partial charge is 0.302 e. The van der Waals surface area contributed by atoms with Crippen LogP contribution in [0.4, 0.5) is 0 Å². The summed E-state index contributed by atoms with van der Waals surface area (Å²) >= 11 is 0. The molecular formula is C5H12ClN3. The molecule has 0 aliphatic heterocycles. The van der Waals surface area contributed by atoms with Crippen LogP contribution in [-0.4, -0.2) is 6.54 Å². The molecule has 0 fully saturated rings. The van der Waals surface area contributed by atoms with E-state index in [2.05, 4.69) is 17.4 Å². The molecule has 0 radical (unpaired) electrons. The molecule has 3 nitrogen and oxygen atoms in total. The monoisotopic (exact) mass is 149 g/mol. The number of hydrogen-bond donors (Lipinski definition) is 1. The second-order valence-corrected chi connectivity index (χ2v) is 1.72. The first-order valence-electron chi connectivity index (χ1n) is 2.98. The van der Waals surface area contributed by atoms with E-state index in [0.717, 1.165) is 13.0 Å². The Morgan fingerprint density at radius 1 is 1.44 bits per heavy atom. The Balaban J connectivity index is 0. The molecule has 0 heterocycles. The standard InChI is InChI=1S/C5H12N3.ClH/c1-2-3-4-5-7-8-6;/h7H,2-5H2,1H3;1H/q+1;/p-1. The van der Waals surface area contributed by atoms with E-state index in [9.17, 15) is 0 Å². The van der Waals surface area contributed by atoms with Gasteiger partial charge in [-0.05, 0) is 11.8 Å². The van der Waals surface area contributed by atoms with Crippen LogP contribution in [0.15, 0.2) is 0 Å². The van der Waals surface area contributed by atoms with Crippen molar-refractivity contribution in [3.8, 4) is 0 Å². The van der Waals surface area contributed by atoms with Gasteiger partial charge >= 0.3 is 5.08 Å². The number of halogens is 1. The Bertz CT molecular complexity index is 78.8. The van der Waals surface area contributed by atoms with Gasteiger partial charge in [0, 0.05) is 0 Å². The zero-order chi connectivity index (χ0) is 6.24. The van der Waals surface area contributed by atoms with Gasteiger partial charge in [0.25, 0.3) is 5.39 Å². The number of diazo groups is 1. The lowest BCUT2D eigenvalue weighted by Gasteiger charge is -1.86. The molecule has 0 aromatic rings. The Hall–Kier alpha value is -0.490. The Kier molecular flexibility index (Phi) is 13.2. The van der Waals surface area contributed by atoms with Gasteiger partial charge in [-0.3, -0.25) is 0 Å². The number of unbranched alkanes of at least 4 members (excludes halogenated alkanes) is 2. The number of hydrogen-bond acceptors (Lipinski definition) is 2. The van der Waals surface area contributed by atoms with E-state index in [4.69, 9.17) is 5.39 Å². The van der Waals surface area contributed by atoms with Crippen LogP contribution >= 0.6 is 0 Å². The highest BCUT2D eigenvalue weighted by Gasteiger charge is 1.87. The molecule has 0 aromatic heterocycles. The Morgan fingerprint density at radius 3 is 2.56 bits per heavy atom. The first kappa shape index (κ1) is 11.3. The maximum absolute atomic E-state index is 7.88. The van der Waals surface area contributed by atoms with Crippen molar-refractivity contribution in [1.82, 2.24) is 5.43 Å². The van der Waals surface area contributed by atoms with Crippen molar-refractivity contribution < 1.29 is 12.4 Å². The minimum absolute atomic E-state index is 0. The molecule has 0 unspecified atom stereocenters. The number of nitrogens with zero attached hydrogens (tertiary/aromatic N) is 2. The number of nitrogens with one attached hydrogen (secondary N) is 1. The molecule has 0 aliphatic carbocycles. The van der Waals surface area contributed by atoms with Crippen molar-refractivity contribution in [3.05, 3.63) is 5.08 Å². The van der Waals surface area contributed by atoms with Gasteiger partial charge in [-0.15, -0.1) is 0 Å². The minimum atomic E-state index is 0. The Morgan fingerprint density at radius 2 is 2.11 bits per heavy atom. The fourth-order valence-electron chi connectivity index (χ4n) is 0.504. The van der Waals surface area contributed by atoms with E-state index < -0.39 is 0 Å². The molecule has 0 saturated heterocycles. The molecule has 0 saturated carbocycles. The molecular weight excluding hydrogens is 138 g/mol. The molecule has 54 valence electrons. The predicted molar refractivity (Wildman–Crippen MR) is 32.6 cm³/mol. The van der Waals surface area contributed by atoms with Crippen molar-refractivity contribution in [1.29, 1.82) is 5.39 Å². The van der Waals surface area contributed by atoms with Crippen LogP contribution in [-0.2, 0) is 0 Å². The van der Waals surface area contributed by atoms with Crippen molar-refractivity contribution in [3.63, 3.8) is 0 Å². The lowest BCUT2D eigenvalue weighted by molar-refractivity contribution is -0.00000212. The molecule has 0 aliphatic rings. The zero-order valence-electron chi connectivity index (χ0n) is 5.60. The summed E-state index contributed by atoms with van der Waals surface area (Å²) in [6.45, 7) is 2.92. The maximum atomic E-state index is 7.88. The topological polar surface area (TPSA) is 40.2 Å². The van der Waals surface area contributed by atoms with Crippen LogP contribution < -0.4 is 17.8 Å². The van der Waals surface area contributed by atoms with Gasteiger partial charge in [0.15, 0.2) is 0 Å². The summed E-state index contributed by atoms with van der Waals surface area (Å²) in [4.78, 5) is 0. The minimum Gasteiger partial charge on any atom is -1.00 e. The van der Waals surface area contributed by atoms with Crippen LogP contribution in [0.3, 0.4) is 0 Å². The highest BCUT2D eigenvalue weighted by molar-refractivity contribution is 4.45. The molecule has 0 aromatic carbocycles. The summed E-state index contributed by atoms with van der Waals surface area (Å²) in [7, 11) is 0. The third kappa shape index (κ3) is 11.2. The normalized spacial score (nSPS) is 7.11. The fourth-order valence-corrected chi connectivity index (χ4v) is 0.504. The lowest BCUT2D eigenvalue weighted by Crippen LogP contribution is -3.00. The molecule has 4 heteroatoms. The average molecular weight is 150 g/mol. The molecule has 0 atom stereocenters. The zero-order valence-corrected chi connectivity index (χ0v) is 6.36. The fraction of sp³-hybridized carbons (Fsp3) is 1.00. The van der Waals surface area contributed by atoms with Gasteiger partial charge in [0.1, 0.15) is 0 Å². The molecule has 0 amide bonds. The third-order valence-electron chi connectivity index (χ3n) is 0.963. The van der Waals surface area contributed by atoms with Gasteiger partial charge < -0.3 is 12.4 Å². The van der Waals surface area contributed by atoms with Crippen molar-refractivity contribution in [2.24, 2.45) is 0 Å². The maximum Gasteiger partial charge on any atom is 0.302 e. The third-order valence-corrected chi connectivity index (χ3v) is 0.963. The summed E-state index contributed by atoms with van der Waals surface area (Å²) in [5.41, 5.74) is 2.46. The van der Waals surface area contributed by atoms with Gasteiger partial charge in [-0.25, -0.2) is 0 Å². The summed E-state index contributed by atoms with van der Waals surface area (Å²) in [5.74, 6) is 0. The van der Waals surface area contributed by atoms with Gasteiger partial charge in [0.05, 0.1) is 6.54 Å². The largest absolute Gasteiger partial charge is 1.00 e. The predicted octanol–water partition coefficient (Wildman–Crippen LogP) is -1.46. The molecule has 0 rings (SSSR count). The summed E-state index contributed by atoms with van der Waals surface area (Å²) < 4.78 is 0. The van der Waals surface area contributed by atoms with Gasteiger partial charge in [-0.2, -0.15) is 0 Å². The second kappa shape index (κ2) is 10.5. The second-order valence-electron chi connectivity index (χ2n) is 1.72. The molecule has 1 N–H and O–H groups in total. The highest BCUT2D eigenvalue weighted by Crippen LogP contribution is 1.90. The van der Waals surface area contributed by atoms with E-state index in [0.29, 0.717) is 0 Å². The van der Waals surface area contributed by atoms with Crippen LogP contribution in [0.2, 0.25) is 0 Å². The van der Waals surface area contributed by atoms with E-state index in [1.807, 2.05) is 0 Å². The van der Waals surface area contributed by atoms with Crippen molar-refractivity contribution in [2.75, 3.05) is 6.54 Å².